The van der Waals surface area contributed by atoms with Crippen molar-refractivity contribution in [2.24, 2.45) is 0 Å². The van der Waals surface area contributed by atoms with E-state index in [-0.39, 0.29) is 11.3 Å². The molecule has 19 heavy (non-hydrogen) atoms. The SMILES string of the molecule is CSc1c(Br)c(Br)nn1C(SC)C(=O)N(SC)SC. The number of thioether (sulfide) groups is 2. The van der Waals surface area contributed by atoms with Crippen molar-refractivity contribution in [1.29, 1.82) is 0 Å². The van der Waals surface area contributed by atoms with Crippen LogP contribution in [-0.2, 0) is 4.79 Å². The molecular formula is C9H13Br2N3OS4. The molecule has 1 amide bonds. The lowest BCUT2D eigenvalue weighted by molar-refractivity contribution is -0.123. The summed E-state index contributed by atoms with van der Waals surface area (Å²) < 4.78 is 5.01. The van der Waals surface area contributed by atoms with Gasteiger partial charge in [-0.15, -0.1) is 23.5 Å². The highest BCUT2D eigenvalue weighted by Gasteiger charge is 2.29. The fourth-order valence-electron chi connectivity index (χ4n) is 1.36. The second-order valence-electron chi connectivity index (χ2n) is 3.11. The van der Waals surface area contributed by atoms with Crippen LogP contribution in [0.15, 0.2) is 14.1 Å². The van der Waals surface area contributed by atoms with Gasteiger partial charge in [-0.25, -0.2) is 8.39 Å². The van der Waals surface area contributed by atoms with Gasteiger partial charge in [0.2, 0.25) is 0 Å². The number of nitrogens with zero attached hydrogens (tertiary/aromatic N) is 3. The Bertz CT molecular complexity index is 453. The molecule has 4 nitrogen and oxygen atoms in total. The van der Waals surface area contributed by atoms with Crippen molar-refractivity contribution in [2.75, 3.05) is 25.0 Å². The number of hydrogen-bond donors (Lipinski definition) is 0. The second kappa shape index (κ2) is 8.47. The lowest BCUT2D eigenvalue weighted by Crippen LogP contribution is -2.27. The van der Waals surface area contributed by atoms with Gasteiger partial charge < -0.3 is 0 Å². The van der Waals surface area contributed by atoms with Crippen molar-refractivity contribution in [2.45, 2.75) is 10.4 Å². The Morgan fingerprint density at radius 3 is 2.26 bits per heavy atom. The summed E-state index contributed by atoms with van der Waals surface area (Å²) in [6.45, 7) is 0. The highest BCUT2D eigenvalue weighted by atomic mass is 79.9. The van der Waals surface area contributed by atoms with E-state index in [1.54, 1.807) is 20.2 Å². The number of hydrogen-bond acceptors (Lipinski definition) is 6. The Morgan fingerprint density at radius 2 is 1.84 bits per heavy atom. The van der Waals surface area contributed by atoms with Gasteiger partial charge in [-0.2, -0.15) is 5.10 Å². The van der Waals surface area contributed by atoms with Crippen LogP contribution >= 0.6 is 79.3 Å². The molecule has 10 heteroatoms. The minimum absolute atomic E-state index is 0.0188. The summed E-state index contributed by atoms with van der Waals surface area (Å²) in [6, 6.07) is 0. The first-order valence-electron chi connectivity index (χ1n) is 4.94. The van der Waals surface area contributed by atoms with Crippen LogP contribution in [0.2, 0.25) is 0 Å². The number of carbonyl (C=O) groups excluding carboxylic acids is 1. The number of rotatable bonds is 6. The van der Waals surface area contributed by atoms with E-state index in [9.17, 15) is 4.79 Å². The van der Waals surface area contributed by atoms with E-state index in [0.717, 1.165) is 9.50 Å². The smallest absolute Gasteiger partial charge is 0.269 e. The van der Waals surface area contributed by atoms with Crippen molar-refractivity contribution in [1.82, 2.24) is 13.5 Å². The van der Waals surface area contributed by atoms with Crippen LogP contribution < -0.4 is 0 Å². The first-order chi connectivity index (χ1) is 9.01. The summed E-state index contributed by atoms with van der Waals surface area (Å²) in [4.78, 5) is 12.5. The predicted octanol–water partition coefficient (Wildman–Crippen LogP) is 4.38. The molecule has 1 unspecified atom stereocenters. The zero-order chi connectivity index (χ0) is 14.6. The van der Waals surface area contributed by atoms with Gasteiger partial charge >= 0.3 is 0 Å². The van der Waals surface area contributed by atoms with Crippen LogP contribution in [0.1, 0.15) is 5.37 Å². The summed E-state index contributed by atoms with van der Waals surface area (Å²) in [5.74, 6) is 0.0188. The van der Waals surface area contributed by atoms with Gasteiger partial charge in [0, 0.05) is 12.5 Å². The van der Waals surface area contributed by atoms with E-state index in [4.69, 9.17) is 0 Å². The van der Waals surface area contributed by atoms with Crippen LogP contribution in [-0.4, -0.2) is 44.4 Å². The van der Waals surface area contributed by atoms with Gasteiger partial charge in [0.25, 0.3) is 5.91 Å². The third-order valence-corrected chi connectivity index (χ3v) is 7.78. The van der Waals surface area contributed by atoms with E-state index in [0.29, 0.717) is 4.60 Å². The molecule has 1 rings (SSSR count). The predicted molar refractivity (Wildman–Crippen MR) is 95.8 cm³/mol. The molecule has 0 aliphatic carbocycles. The summed E-state index contributed by atoms with van der Waals surface area (Å²) in [5.41, 5.74) is 0. The molecule has 0 aliphatic heterocycles. The maximum atomic E-state index is 12.5. The van der Waals surface area contributed by atoms with Gasteiger partial charge in [0.15, 0.2) is 5.37 Å². The average molecular weight is 467 g/mol. The second-order valence-corrected chi connectivity index (χ2v) is 8.06. The largest absolute Gasteiger partial charge is 0.277 e. The van der Waals surface area contributed by atoms with Gasteiger partial charge in [0.05, 0.1) is 4.47 Å². The van der Waals surface area contributed by atoms with Crippen LogP contribution in [0.4, 0.5) is 0 Å². The minimum atomic E-state index is -0.370. The molecule has 0 saturated heterocycles. The van der Waals surface area contributed by atoms with Crippen molar-refractivity contribution >= 4 is 85.2 Å². The first-order valence-corrected chi connectivity index (χ1v) is 11.4. The molecule has 1 aromatic rings. The lowest BCUT2D eigenvalue weighted by Gasteiger charge is -2.22. The Hall–Kier alpha value is 1.04. The highest BCUT2D eigenvalue weighted by Crippen LogP contribution is 2.38. The monoisotopic (exact) mass is 465 g/mol. The summed E-state index contributed by atoms with van der Waals surface area (Å²) in [6.07, 6.45) is 7.65. The molecule has 0 fully saturated rings. The maximum Gasteiger partial charge on any atom is 0.277 e. The Kier molecular flexibility index (Phi) is 8.07. The van der Waals surface area contributed by atoms with E-state index in [2.05, 4.69) is 37.0 Å². The molecule has 0 radical (unpaired) electrons. The summed E-state index contributed by atoms with van der Waals surface area (Å²) in [7, 11) is 0. The van der Waals surface area contributed by atoms with E-state index < -0.39 is 0 Å². The van der Waals surface area contributed by atoms with Crippen LogP contribution in [0.5, 0.6) is 0 Å². The highest BCUT2D eigenvalue weighted by molar-refractivity contribution is 9.13. The zero-order valence-electron chi connectivity index (χ0n) is 10.7. The Balaban J connectivity index is 3.17. The maximum absolute atomic E-state index is 12.5. The first kappa shape index (κ1) is 18.1. The molecule has 0 bridgehead atoms. The lowest BCUT2D eigenvalue weighted by atomic mass is 10.6. The number of amides is 1. The van der Waals surface area contributed by atoms with E-state index in [1.807, 2.05) is 25.0 Å². The van der Waals surface area contributed by atoms with Crippen LogP contribution in [0.25, 0.3) is 0 Å². The Labute approximate surface area is 147 Å². The van der Waals surface area contributed by atoms with Crippen molar-refractivity contribution < 1.29 is 4.79 Å². The van der Waals surface area contributed by atoms with Crippen molar-refractivity contribution in [3.05, 3.63) is 9.08 Å². The van der Waals surface area contributed by atoms with Gasteiger partial charge in [-0.1, -0.05) is 0 Å². The standard InChI is InChI=1S/C9H13Br2N3OS4/c1-16-8-5(10)6(11)12-13(8)9(17-2)7(15)14(18-3)19-4/h9H,1-4H3. The number of aromatic nitrogens is 2. The molecule has 0 aromatic carbocycles. The van der Waals surface area contributed by atoms with Crippen molar-refractivity contribution in [3.8, 4) is 0 Å². The molecule has 108 valence electrons. The van der Waals surface area contributed by atoms with Gasteiger partial charge in [-0.05, 0) is 68.3 Å². The van der Waals surface area contributed by atoms with Crippen molar-refractivity contribution in [3.63, 3.8) is 0 Å². The fraction of sp³-hybridized carbons (Fsp3) is 0.556. The molecule has 0 N–H and O–H groups in total. The molecular weight excluding hydrogens is 454 g/mol. The quantitative estimate of drug-likeness (QED) is 0.457. The Morgan fingerprint density at radius 1 is 1.26 bits per heavy atom. The van der Waals surface area contributed by atoms with E-state index in [1.165, 1.54) is 35.7 Å². The zero-order valence-corrected chi connectivity index (χ0v) is 17.2. The molecule has 1 aromatic heterocycles. The average Bonchev–Trinajstić information content (AvgIpc) is 2.67. The molecule has 0 aliphatic rings. The van der Waals surface area contributed by atoms with E-state index >= 15 is 0 Å². The van der Waals surface area contributed by atoms with Crippen LogP contribution in [0.3, 0.4) is 0 Å². The van der Waals surface area contributed by atoms with Gasteiger partial charge in [0.1, 0.15) is 9.63 Å². The fourth-order valence-corrected chi connectivity index (χ4v) is 5.23. The summed E-state index contributed by atoms with van der Waals surface area (Å²) >= 11 is 12.7. The summed E-state index contributed by atoms with van der Waals surface area (Å²) in [5, 5.41) is 4.96. The third-order valence-electron chi connectivity index (χ3n) is 2.13. The molecule has 1 heterocycles. The van der Waals surface area contributed by atoms with Gasteiger partial charge in [-0.3, -0.25) is 4.79 Å². The van der Waals surface area contributed by atoms with Crippen LogP contribution in [0, 0.1) is 0 Å². The number of carbonyl (C=O) groups is 1. The third kappa shape index (κ3) is 4.03. The number of halogens is 2. The molecule has 0 spiro atoms. The topological polar surface area (TPSA) is 38.1 Å². The minimum Gasteiger partial charge on any atom is -0.269 e. The normalized spacial score (nSPS) is 12.5. The molecule has 1 atom stereocenters. The molecule has 0 saturated carbocycles.